The number of piperazine rings is 1. The molecule has 21 heteroatoms. The van der Waals surface area contributed by atoms with Crippen molar-refractivity contribution in [3.8, 4) is 0 Å². The number of carboxylic acid groups (broad SMARTS) is 3. The zero-order valence-electron chi connectivity index (χ0n) is 22.5. The van der Waals surface area contributed by atoms with Crippen molar-refractivity contribution >= 4 is 23.8 Å². The minimum absolute atomic E-state index is 0.259. The largest absolute Gasteiger partial charge is 0.490 e. The predicted octanol–water partition coefficient (Wildman–Crippen LogP) is 2.22. The molecule has 1 unspecified atom stereocenters. The number of alkyl halides is 9. The van der Waals surface area contributed by atoms with E-state index < -0.39 is 36.4 Å². The second-order valence-electron chi connectivity index (χ2n) is 8.88. The summed E-state index contributed by atoms with van der Waals surface area (Å²) in [5.74, 6) is -8.01. The molecule has 1 atom stereocenters. The van der Waals surface area contributed by atoms with E-state index in [0.29, 0.717) is 0 Å². The fraction of sp³-hybridized carbons (Fsp3) is 0.591. The Bertz CT molecular complexity index is 1070. The van der Waals surface area contributed by atoms with Gasteiger partial charge in [-0.3, -0.25) is 19.3 Å². The quantitative estimate of drug-likeness (QED) is 0.328. The van der Waals surface area contributed by atoms with Gasteiger partial charge in [-0.15, -0.1) is 6.58 Å². The normalized spacial score (nSPS) is 19.3. The lowest BCUT2D eigenvalue weighted by atomic mass is 9.91. The molecule has 3 heterocycles. The summed E-state index contributed by atoms with van der Waals surface area (Å²) in [5.41, 5.74) is 0.829. The van der Waals surface area contributed by atoms with Gasteiger partial charge in [0.1, 0.15) is 5.54 Å². The highest BCUT2D eigenvalue weighted by Gasteiger charge is 2.52. The second-order valence-corrected chi connectivity index (χ2v) is 8.88. The highest BCUT2D eigenvalue weighted by molar-refractivity contribution is 5.87. The van der Waals surface area contributed by atoms with E-state index in [4.69, 9.17) is 29.7 Å². The number of likely N-dealkylation sites (tertiary alicyclic amines) is 1. The first-order valence-electron chi connectivity index (χ1n) is 11.6. The molecule has 2 fully saturated rings. The van der Waals surface area contributed by atoms with Crippen molar-refractivity contribution in [2.75, 3.05) is 39.8 Å². The van der Waals surface area contributed by atoms with E-state index in [1.165, 1.54) is 5.56 Å². The van der Waals surface area contributed by atoms with Crippen LogP contribution in [0.1, 0.15) is 12.0 Å². The number of aromatic nitrogens is 2. The number of carbonyl (C=O) groups is 4. The monoisotopic (exact) mass is 645 g/mol. The topological polar surface area (TPSA) is 157 Å². The molecule has 43 heavy (non-hydrogen) atoms. The van der Waals surface area contributed by atoms with Crippen LogP contribution in [0.15, 0.2) is 25.0 Å². The Morgan fingerprint density at radius 1 is 0.907 bits per heavy atom. The highest BCUT2D eigenvalue weighted by Crippen LogP contribution is 2.33. The van der Waals surface area contributed by atoms with Crippen molar-refractivity contribution in [1.29, 1.82) is 0 Å². The van der Waals surface area contributed by atoms with Crippen LogP contribution < -0.4 is 0 Å². The van der Waals surface area contributed by atoms with E-state index in [9.17, 15) is 44.3 Å². The Morgan fingerprint density at radius 2 is 1.35 bits per heavy atom. The molecule has 0 aliphatic carbocycles. The van der Waals surface area contributed by atoms with Gasteiger partial charge in [-0.25, -0.2) is 14.4 Å². The molecule has 1 aromatic heterocycles. The molecule has 2 saturated heterocycles. The van der Waals surface area contributed by atoms with Crippen molar-refractivity contribution in [2.24, 2.45) is 7.05 Å². The van der Waals surface area contributed by atoms with Gasteiger partial charge < -0.3 is 20.2 Å². The van der Waals surface area contributed by atoms with Crippen LogP contribution in [0, 0.1) is 0 Å². The van der Waals surface area contributed by atoms with Gasteiger partial charge in [0.15, 0.2) is 0 Å². The number of likely N-dealkylation sites (N-methyl/N-ethyl adjacent to an activating group) is 1. The van der Waals surface area contributed by atoms with Gasteiger partial charge in [-0.1, -0.05) is 6.08 Å². The maximum absolute atomic E-state index is 12.8. The van der Waals surface area contributed by atoms with Crippen molar-refractivity contribution in [2.45, 2.75) is 37.0 Å². The lowest BCUT2D eigenvalue weighted by Gasteiger charge is -2.46. The summed E-state index contributed by atoms with van der Waals surface area (Å²) in [4.78, 5) is 46.1. The summed E-state index contributed by atoms with van der Waals surface area (Å²) in [7, 11) is 3.85. The van der Waals surface area contributed by atoms with E-state index in [-0.39, 0.29) is 11.4 Å². The molecular weight excluding hydrogens is 617 g/mol. The van der Waals surface area contributed by atoms with Gasteiger partial charge in [-0.05, 0) is 6.42 Å². The number of carboxylic acids is 3. The van der Waals surface area contributed by atoms with Crippen LogP contribution in [0.4, 0.5) is 39.5 Å². The zero-order valence-corrected chi connectivity index (χ0v) is 22.5. The van der Waals surface area contributed by atoms with Crippen LogP contribution in [0.2, 0.25) is 0 Å². The molecule has 0 saturated carbocycles. The van der Waals surface area contributed by atoms with Crippen LogP contribution >= 0.6 is 0 Å². The third-order valence-corrected chi connectivity index (χ3v) is 5.62. The molecule has 0 radical (unpaired) electrons. The van der Waals surface area contributed by atoms with Crippen molar-refractivity contribution in [3.63, 3.8) is 0 Å². The molecule has 0 bridgehead atoms. The first kappa shape index (κ1) is 39.1. The average Bonchev–Trinajstić information content (AvgIpc) is 3.46. The summed E-state index contributed by atoms with van der Waals surface area (Å²) in [6, 6.07) is 0. The van der Waals surface area contributed by atoms with Crippen molar-refractivity contribution in [3.05, 3.63) is 30.6 Å². The fourth-order valence-corrected chi connectivity index (χ4v) is 3.75. The predicted molar refractivity (Wildman–Crippen MR) is 126 cm³/mol. The maximum Gasteiger partial charge on any atom is 0.490 e. The molecule has 0 aromatic carbocycles. The molecule has 12 nitrogen and oxygen atoms in total. The van der Waals surface area contributed by atoms with Crippen LogP contribution in [-0.2, 0) is 32.8 Å². The number of carbonyl (C=O) groups excluding carboxylic acids is 1. The first-order chi connectivity index (χ1) is 19.4. The summed E-state index contributed by atoms with van der Waals surface area (Å²) < 4.78 is 97.0. The van der Waals surface area contributed by atoms with Crippen LogP contribution in [-0.4, -0.2) is 127 Å². The van der Waals surface area contributed by atoms with Gasteiger partial charge in [0, 0.05) is 65.1 Å². The smallest absolute Gasteiger partial charge is 0.475 e. The number of aryl methyl sites for hydroxylation is 1. The van der Waals surface area contributed by atoms with E-state index >= 15 is 0 Å². The Kier molecular flexibility index (Phi) is 14.1. The van der Waals surface area contributed by atoms with Crippen molar-refractivity contribution < 1.29 is 74.0 Å². The van der Waals surface area contributed by atoms with E-state index in [1.807, 2.05) is 42.1 Å². The van der Waals surface area contributed by atoms with Gasteiger partial charge in [0.2, 0.25) is 5.91 Å². The summed E-state index contributed by atoms with van der Waals surface area (Å²) >= 11 is 0. The number of hydrogen-bond donors (Lipinski definition) is 3. The van der Waals surface area contributed by atoms with Gasteiger partial charge >= 0.3 is 36.4 Å². The van der Waals surface area contributed by atoms with E-state index in [2.05, 4.69) is 21.5 Å². The lowest BCUT2D eigenvalue weighted by Crippen LogP contribution is -2.66. The molecule has 246 valence electrons. The Morgan fingerprint density at radius 3 is 1.70 bits per heavy atom. The van der Waals surface area contributed by atoms with Gasteiger partial charge in [0.05, 0.1) is 6.20 Å². The van der Waals surface area contributed by atoms with Crippen LogP contribution in [0.25, 0.3) is 0 Å². The molecular formula is C22H28F9N5O7. The minimum Gasteiger partial charge on any atom is -0.475 e. The molecule has 3 rings (SSSR count). The second kappa shape index (κ2) is 15.5. The van der Waals surface area contributed by atoms with E-state index in [1.54, 1.807) is 0 Å². The summed E-state index contributed by atoms with van der Waals surface area (Å²) in [6.07, 6.45) is -8.50. The average molecular weight is 645 g/mol. The lowest BCUT2D eigenvalue weighted by molar-refractivity contribution is -0.193. The third-order valence-electron chi connectivity index (χ3n) is 5.62. The number of aliphatic carboxylic acids is 3. The number of nitrogens with zero attached hydrogens (tertiary/aromatic N) is 5. The van der Waals surface area contributed by atoms with Gasteiger partial charge in [0.25, 0.3) is 0 Å². The van der Waals surface area contributed by atoms with Crippen LogP contribution in [0.5, 0.6) is 0 Å². The Balaban J connectivity index is 0.000000690. The first-order valence-corrected chi connectivity index (χ1v) is 11.6. The third kappa shape index (κ3) is 12.9. The van der Waals surface area contributed by atoms with Gasteiger partial charge in [-0.2, -0.15) is 44.6 Å². The highest BCUT2D eigenvalue weighted by atomic mass is 19.4. The van der Waals surface area contributed by atoms with E-state index in [0.717, 1.165) is 45.7 Å². The summed E-state index contributed by atoms with van der Waals surface area (Å²) in [6.45, 7) is 8.95. The minimum atomic E-state index is -5.08. The Hall–Kier alpha value is -3.88. The molecule has 2 aliphatic heterocycles. The Labute approximate surface area is 237 Å². The summed E-state index contributed by atoms with van der Waals surface area (Å²) in [5, 5.41) is 25.6. The number of rotatable bonds is 4. The number of hydrogen-bond acceptors (Lipinski definition) is 7. The molecule has 1 amide bonds. The zero-order chi connectivity index (χ0) is 34.0. The molecule has 3 N–H and O–H groups in total. The SMILES string of the molecule is C=CCN1CCN(C)C(=O)C12CCN(Cc1cnn(C)c1)C2.O=C(O)C(F)(F)F.O=C(O)C(F)(F)F.O=C(O)C(F)(F)F. The molecule has 2 aliphatic rings. The van der Waals surface area contributed by atoms with Crippen LogP contribution in [0.3, 0.4) is 0 Å². The maximum atomic E-state index is 12.8. The van der Waals surface area contributed by atoms with Crippen molar-refractivity contribution in [1.82, 2.24) is 24.5 Å². The molecule has 1 spiro atoms. The number of halogens is 9. The number of amides is 1. The fourth-order valence-electron chi connectivity index (χ4n) is 3.75. The standard InChI is InChI=1S/C16H25N5O.3C2HF3O2/c1-4-6-21-9-8-18(2)15(22)16(21)5-7-20(13-16)12-14-10-17-19(3)11-14;3*3-2(4,5)1(6)7/h4,10-11H,1,5-9,12-13H2,2-3H3;3*(H,6,7). The molecule has 1 aromatic rings.